The first kappa shape index (κ1) is 18.5. The lowest BCUT2D eigenvalue weighted by molar-refractivity contribution is -0.137. The van der Waals surface area contributed by atoms with Crippen LogP contribution in [-0.2, 0) is 23.8 Å². The third-order valence-electron chi connectivity index (χ3n) is 4.55. The van der Waals surface area contributed by atoms with Crippen LogP contribution in [0.25, 0.3) is 0 Å². The Hall–Kier alpha value is -2.34. The summed E-state index contributed by atoms with van der Waals surface area (Å²) in [6.07, 6.45) is -1.29. The molecule has 1 unspecified atom stereocenters. The molecule has 2 aromatic rings. The van der Waals surface area contributed by atoms with E-state index in [9.17, 15) is 18.0 Å². The number of aryl methyl sites for hydroxylation is 2. The predicted octanol–water partition coefficient (Wildman–Crippen LogP) is 4.18. The quantitative estimate of drug-likeness (QED) is 0.838. The van der Waals surface area contributed by atoms with E-state index in [0.717, 1.165) is 36.7 Å². The van der Waals surface area contributed by atoms with Crippen molar-refractivity contribution in [2.45, 2.75) is 37.9 Å². The number of anilines is 1. The number of carbonyl (C=O) groups excluding carboxylic acids is 1. The first-order valence-corrected chi connectivity index (χ1v) is 8.71. The van der Waals surface area contributed by atoms with Gasteiger partial charge in [-0.1, -0.05) is 30.3 Å². The molecule has 0 saturated carbocycles. The summed E-state index contributed by atoms with van der Waals surface area (Å²) in [4.78, 5) is 12.1. The SMILES string of the molecule is O=C(Nc1ccc(CCc2cccc(C(F)(F)F)c2)cc1)C1CCCN1. The average Bonchev–Trinajstić information content (AvgIpc) is 3.15. The third-order valence-corrected chi connectivity index (χ3v) is 4.55. The highest BCUT2D eigenvalue weighted by molar-refractivity contribution is 5.95. The van der Waals surface area contributed by atoms with Gasteiger partial charge in [-0.3, -0.25) is 4.79 Å². The second-order valence-electron chi connectivity index (χ2n) is 6.53. The van der Waals surface area contributed by atoms with Gasteiger partial charge in [-0.2, -0.15) is 13.2 Å². The summed E-state index contributed by atoms with van der Waals surface area (Å²) in [7, 11) is 0. The standard InChI is InChI=1S/C20H21F3N2O/c21-20(22,23)16-4-1-3-15(13-16)7-6-14-8-10-17(11-9-14)25-19(26)18-5-2-12-24-18/h1,3-4,8-11,13,18,24H,2,5-7,12H2,(H,25,26). The Labute approximate surface area is 150 Å². The lowest BCUT2D eigenvalue weighted by Gasteiger charge is -2.12. The molecule has 1 aliphatic heterocycles. The Morgan fingerprint density at radius 3 is 2.46 bits per heavy atom. The van der Waals surface area contributed by atoms with Gasteiger partial charge in [-0.15, -0.1) is 0 Å². The van der Waals surface area contributed by atoms with E-state index in [1.165, 1.54) is 12.1 Å². The summed E-state index contributed by atoms with van der Waals surface area (Å²) < 4.78 is 38.3. The molecular weight excluding hydrogens is 341 g/mol. The lowest BCUT2D eigenvalue weighted by Crippen LogP contribution is -2.35. The molecule has 2 N–H and O–H groups in total. The molecule has 26 heavy (non-hydrogen) atoms. The number of nitrogens with one attached hydrogen (secondary N) is 2. The van der Waals surface area contributed by atoms with E-state index >= 15 is 0 Å². The van der Waals surface area contributed by atoms with E-state index in [1.54, 1.807) is 6.07 Å². The second-order valence-corrected chi connectivity index (χ2v) is 6.53. The van der Waals surface area contributed by atoms with E-state index in [1.807, 2.05) is 24.3 Å². The van der Waals surface area contributed by atoms with Gasteiger partial charge in [0.15, 0.2) is 0 Å². The normalized spacial score (nSPS) is 17.3. The number of benzene rings is 2. The first-order chi connectivity index (χ1) is 12.4. The fraction of sp³-hybridized carbons (Fsp3) is 0.350. The number of hydrogen-bond donors (Lipinski definition) is 2. The average molecular weight is 362 g/mol. The molecule has 1 atom stereocenters. The summed E-state index contributed by atoms with van der Waals surface area (Å²) in [5.41, 5.74) is 1.78. The topological polar surface area (TPSA) is 41.1 Å². The van der Waals surface area contributed by atoms with Crippen LogP contribution in [-0.4, -0.2) is 18.5 Å². The number of carbonyl (C=O) groups is 1. The molecule has 0 aliphatic carbocycles. The van der Waals surface area contributed by atoms with E-state index in [4.69, 9.17) is 0 Å². The molecule has 3 nitrogen and oxygen atoms in total. The molecular formula is C20H21F3N2O. The fourth-order valence-electron chi connectivity index (χ4n) is 3.08. The first-order valence-electron chi connectivity index (χ1n) is 8.71. The van der Waals surface area contributed by atoms with Gasteiger partial charge in [0.05, 0.1) is 11.6 Å². The molecule has 3 rings (SSSR count). The maximum absolute atomic E-state index is 12.8. The van der Waals surface area contributed by atoms with Crippen LogP contribution in [0.2, 0.25) is 0 Å². The number of amides is 1. The van der Waals surface area contributed by atoms with Gasteiger partial charge in [0.25, 0.3) is 0 Å². The Morgan fingerprint density at radius 2 is 1.81 bits per heavy atom. The van der Waals surface area contributed by atoms with Crippen molar-refractivity contribution in [3.63, 3.8) is 0 Å². The molecule has 1 fully saturated rings. The number of alkyl halides is 3. The van der Waals surface area contributed by atoms with Crippen molar-refractivity contribution in [2.24, 2.45) is 0 Å². The second kappa shape index (κ2) is 7.91. The van der Waals surface area contributed by atoms with Gasteiger partial charge in [-0.25, -0.2) is 0 Å². The maximum atomic E-state index is 12.8. The van der Waals surface area contributed by atoms with Crippen molar-refractivity contribution in [3.05, 3.63) is 65.2 Å². The molecule has 2 aromatic carbocycles. The van der Waals surface area contributed by atoms with E-state index in [2.05, 4.69) is 10.6 Å². The Balaban J connectivity index is 1.55. The van der Waals surface area contributed by atoms with Crippen LogP contribution in [0.3, 0.4) is 0 Å². The molecule has 0 radical (unpaired) electrons. The van der Waals surface area contributed by atoms with Gasteiger partial charge >= 0.3 is 6.18 Å². The number of rotatable bonds is 5. The predicted molar refractivity (Wildman–Crippen MR) is 94.9 cm³/mol. The fourth-order valence-corrected chi connectivity index (χ4v) is 3.08. The van der Waals surface area contributed by atoms with Crippen molar-refractivity contribution in [3.8, 4) is 0 Å². The van der Waals surface area contributed by atoms with Crippen LogP contribution in [0, 0.1) is 0 Å². The van der Waals surface area contributed by atoms with Crippen molar-refractivity contribution in [2.75, 3.05) is 11.9 Å². The van der Waals surface area contributed by atoms with E-state index < -0.39 is 11.7 Å². The summed E-state index contributed by atoms with van der Waals surface area (Å²) in [5, 5.41) is 6.03. The highest BCUT2D eigenvalue weighted by atomic mass is 19.4. The maximum Gasteiger partial charge on any atom is 0.416 e. The Bertz CT molecular complexity index is 750. The minimum Gasteiger partial charge on any atom is -0.325 e. The molecule has 138 valence electrons. The van der Waals surface area contributed by atoms with Crippen molar-refractivity contribution < 1.29 is 18.0 Å². The summed E-state index contributed by atoms with van der Waals surface area (Å²) in [6, 6.07) is 12.7. The summed E-state index contributed by atoms with van der Waals surface area (Å²) >= 11 is 0. The lowest BCUT2D eigenvalue weighted by atomic mass is 10.0. The van der Waals surface area contributed by atoms with Crippen molar-refractivity contribution >= 4 is 11.6 Å². The Kier molecular flexibility index (Phi) is 5.61. The molecule has 1 heterocycles. The minimum atomic E-state index is -4.32. The van der Waals surface area contributed by atoms with Gasteiger partial charge in [0.1, 0.15) is 0 Å². The summed E-state index contributed by atoms with van der Waals surface area (Å²) in [6.45, 7) is 0.868. The van der Waals surface area contributed by atoms with Crippen molar-refractivity contribution in [1.82, 2.24) is 5.32 Å². The van der Waals surface area contributed by atoms with Crippen LogP contribution in [0.15, 0.2) is 48.5 Å². The molecule has 0 spiro atoms. The smallest absolute Gasteiger partial charge is 0.325 e. The van der Waals surface area contributed by atoms with Gasteiger partial charge in [-0.05, 0) is 61.6 Å². The minimum absolute atomic E-state index is 0.0285. The molecule has 1 saturated heterocycles. The molecule has 6 heteroatoms. The van der Waals surface area contributed by atoms with Crippen LogP contribution >= 0.6 is 0 Å². The van der Waals surface area contributed by atoms with Gasteiger partial charge in [0, 0.05) is 5.69 Å². The van der Waals surface area contributed by atoms with Crippen LogP contribution in [0.1, 0.15) is 29.5 Å². The molecule has 1 aliphatic rings. The number of halogens is 3. The highest BCUT2D eigenvalue weighted by Crippen LogP contribution is 2.29. The zero-order chi connectivity index (χ0) is 18.6. The molecule has 0 aromatic heterocycles. The van der Waals surface area contributed by atoms with Crippen molar-refractivity contribution in [1.29, 1.82) is 0 Å². The van der Waals surface area contributed by atoms with Gasteiger partial charge in [0.2, 0.25) is 5.91 Å². The zero-order valence-electron chi connectivity index (χ0n) is 14.3. The zero-order valence-corrected chi connectivity index (χ0v) is 14.3. The van der Waals surface area contributed by atoms with Gasteiger partial charge < -0.3 is 10.6 Å². The largest absolute Gasteiger partial charge is 0.416 e. The molecule has 1 amide bonds. The monoisotopic (exact) mass is 362 g/mol. The van der Waals surface area contributed by atoms with Crippen LogP contribution in [0.4, 0.5) is 18.9 Å². The highest BCUT2D eigenvalue weighted by Gasteiger charge is 2.30. The molecule has 0 bridgehead atoms. The van der Waals surface area contributed by atoms with Crippen LogP contribution < -0.4 is 10.6 Å². The van der Waals surface area contributed by atoms with E-state index in [0.29, 0.717) is 18.4 Å². The summed E-state index contributed by atoms with van der Waals surface area (Å²) in [5.74, 6) is -0.0285. The third kappa shape index (κ3) is 4.85. The van der Waals surface area contributed by atoms with Crippen LogP contribution in [0.5, 0.6) is 0 Å². The van der Waals surface area contributed by atoms with E-state index in [-0.39, 0.29) is 11.9 Å². The number of hydrogen-bond acceptors (Lipinski definition) is 2. The Morgan fingerprint density at radius 1 is 1.08 bits per heavy atom.